The summed E-state index contributed by atoms with van der Waals surface area (Å²) in [5.74, 6) is -0.218. The van der Waals surface area contributed by atoms with Crippen LogP contribution in [0.2, 0.25) is 0 Å². The molecule has 0 spiro atoms. The second-order valence-corrected chi connectivity index (χ2v) is 4.70. The van der Waals surface area contributed by atoms with E-state index < -0.39 is 0 Å². The number of H-pyrrole nitrogens is 1. The average Bonchev–Trinajstić information content (AvgIpc) is 2.82. The number of fused-ring (bicyclic) bond motifs is 1. The Morgan fingerprint density at radius 2 is 2.05 bits per heavy atom. The summed E-state index contributed by atoms with van der Waals surface area (Å²) in [6, 6.07) is 9.56. The standard InChI is InChI=1S/C15H14N2O2/c1-10-6-8-16-14(18)13(10)15(19)17-9-7-11-4-2-3-5-12(11)17/h2-6,8H,7,9H2,1H3,(H,16,18). The van der Waals surface area contributed by atoms with Crippen molar-refractivity contribution < 1.29 is 4.79 Å². The van der Waals surface area contributed by atoms with Crippen molar-refractivity contribution in [3.8, 4) is 0 Å². The van der Waals surface area contributed by atoms with Gasteiger partial charge in [0.25, 0.3) is 11.5 Å². The summed E-state index contributed by atoms with van der Waals surface area (Å²) in [5, 5.41) is 0. The van der Waals surface area contributed by atoms with Gasteiger partial charge in [-0.1, -0.05) is 18.2 Å². The van der Waals surface area contributed by atoms with E-state index in [1.54, 1.807) is 24.1 Å². The highest BCUT2D eigenvalue weighted by Gasteiger charge is 2.27. The molecule has 0 saturated carbocycles. The van der Waals surface area contributed by atoms with Gasteiger partial charge in [0, 0.05) is 18.4 Å². The minimum Gasteiger partial charge on any atom is -0.328 e. The molecule has 1 N–H and O–H groups in total. The zero-order chi connectivity index (χ0) is 13.4. The quantitative estimate of drug-likeness (QED) is 0.844. The summed E-state index contributed by atoms with van der Waals surface area (Å²) in [5.41, 5.74) is 2.68. The molecule has 0 radical (unpaired) electrons. The third-order valence-electron chi connectivity index (χ3n) is 3.52. The average molecular weight is 254 g/mol. The van der Waals surface area contributed by atoms with Crippen LogP contribution < -0.4 is 10.5 Å². The van der Waals surface area contributed by atoms with Gasteiger partial charge < -0.3 is 9.88 Å². The van der Waals surface area contributed by atoms with Gasteiger partial charge in [-0.2, -0.15) is 0 Å². The number of aromatic amines is 1. The summed E-state index contributed by atoms with van der Waals surface area (Å²) in [4.78, 5) is 28.7. The van der Waals surface area contributed by atoms with Crippen molar-refractivity contribution in [1.82, 2.24) is 4.98 Å². The molecule has 0 bridgehead atoms. The molecule has 1 aliphatic rings. The number of hydrogen-bond acceptors (Lipinski definition) is 2. The van der Waals surface area contributed by atoms with Gasteiger partial charge in [0.05, 0.1) is 0 Å². The smallest absolute Gasteiger partial charge is 0.264 e. The lowest BCUT2D eigenvalue weighted by molar-refractivity contribution is 0.0987. The lowest BCUT2D eigenvalue weighted by Gasteiger charge is -2.17. The third-order valence-corrected chi connectivity index (χ3v) is 3.52. The van der Waals surface area contributed by atoms with Crippen molar-refractivity contribution in [2.24, 2.45) is 0 Å². The van der Waals surface area contributed by atoms with E-state index in [0.717, 1.165) is 17.7 Å². The van der Waals surface area contributed by atoms with Crippen LogP contribution in [0.4, 0.5) is 5.69 Å². The van der Waals surface area contributed by atoms with Crippen molar-refractivity contribution in [1.29, 1.82) is 0 Å². The molecule has 2 heterocycles. The van der Waals surface area contributed by atoms with Crippen LogP contribution in [0.15, 0.2) is 41.3 Å². The third kappa shape index (κ3) is 1.85. The van der Waals surface area contributed by atoms with Crippen molar-refractivity contribution in [3.63, 3.8) is 0 Å². The van der Waals surface area contributed by atoms with Gasteiger partial charge in [-0.05, 0) is 36.6 Å². The summed E-state index contributed by atoms with van der Waals surface area (Å²) < 4.78 is 0. The zero-order valence-electron chi connectivity index (χ0n) is 10.6. The second kappa shape index (κ2) is 4.39. The van der Waals surface area contributed by atoms with Gasteiger partial charge >= 0.3 is 0 Å². The Hall–Kier alpha value is -2.36. The summed E-state index contributed by atoms with van der Waals surface area (Å²) >= 11 is 0. The molecule has 1 amide bonds. The lowest BCUT2D eigenvalue weighted by atomic mass is 10.1. The van der Waals surface area contributed by atoms with E-state index in [1.165, 1.54) is 0 Å². The van der Waals surface area contributed by atoms with Gasteiger partial charge in [0.1, 0.15) is 5.56 Å². The fourth-order valence-corrected chi connectivity index (χ4v) is 2.53. The minimum atomic E-state index is -0.325. The monoisotopic (exact) mass is 254 g/mol. The molecule has 96 valence electrons. The Morgan fingerprint density at radius 1 is 1.26 bits per heavy atom. The predicted octanol–water partition coefficient (Wildman–Crippen LogP) is 1.89. The van der Waals surface area contributed by atoms with Crippen molar-refractivity contribution in [2.45, 2.75) is 13.3 Å². The molecule has 3 rings (SSSR count). The van der Waals surface area contributed by atoms with Crippen LogP contribution in [0.1, 0.15) is 21.5 Å². The van der Waals surface area contributed by atoms with E-state index >= 15 is 0 Å². The van der Waals surface area contributed by atoms with Crippen molar-refractivity contribution in [3.05, 3.63) is 63.6 Å². The van der Waals surface area contributed by atoms with Crippen molar-refractivity contribution >= 4 is 11.6 Å². The molecule has 19 heavy (non-hydrogen) atoms. The van der Waals surface area contributed by atoms with E-state index in [9.17, 15) is 9.59 Å². The zero-order valence-corrected chi connectivity index (χ0v) is 10.6. The number of anilines is 1. The number of rotatable bonds is 1. The summed E-state index contributed by atoms with van der Waals surface area (Å²) in [6.45, 7) is 2.41. The largest absolute Gasteiger partial charge is 0.328 e. The van der Waals surface area contributed by atoms with Gasteiger partial charge in [0.2, 0.25) is 0 Å². The highest BCUT2D eigenvalue weighted by molar-refractivity contribution is 6.07. The molecule has 2 aromatic rings. The van der Waals surface area contributed by atoms with Crippen LogP contribution in [-0.2, 0) is 6.42 Å². The van der Waals surface area contributed by atoms with Gasteiger partial charge in [-0.3, -0.25) is 9.59 Å². The van der Waals surface area contributed by atoms with Crippen LogP contribution in [0, 0.1) is 6.92 Å². The maximum atomic E-state index is 12.6. The Labute approximate surface area is 110 Å². The molecular weight excluding hydrogens is 240 g/mol. The molecule has 4 nitrogen and oxygen atoms in total. The number of aromatic nitrogens is 1. The van der Waals surface area contributed by atoms with E-state index in [-0.39, 0.29) is 17.0 Å². The Kier molecular flexibility index (Phi) is 2.71. The molecule has 1 aliphatic heterocycles. The first-order valence-electron chi connectivity index (χ1n) is 6.26. The Morgan fingerprint density at radius 3 is 2.84 bits per heavy atom. The van der Waals surface area contributed by atoms with E-state index in [4.69, 9.17) is 0 Å². The molecule has 0 saturated heterocycles. The maximum absolute atomic E-state index is 12.6. The fourth-order valence-electron chi connectivity index (χ4n) is 2.53. The molecule has 0 atom stereocenters. The summed E-state index contributed by atoms with van der Waals surface area (Å²) in [6.07, 6.45) is 2.40. The van der Waals surface area contributed by atoms with Crippen LogP contribution in [0.5, 0.6) is 0 Å². The molecule has 1 aromatic heterocycles. The number of nitrogens with one attached hydrogen (secondary N) is 1. The van der Waals surface area contributed by atoms with Crippen LogP contribution in [-0.4, -0.2) is 17.4 Å². The first-order valence-corrected chi connectivity index (χ1v) is 6.26. The highest BCUT2D eigenvalue weighted by Crippen LogP contribution is 2.28. The number of benzene rings is 1. The SMILES string of the molecule is Cc1cc[nH]c(=O)c1C(=O)N1CCc2ccccc21. The summed E-state index contributed by atoms with van der Waals surface area (Å²) in [7, 11) is 0. The second-order valence-electron chi connectivity index (χ2n) is 4.70. The first-order chi connectivity index (χ1) is 9.18. The predicted molar refractivity (Wildman–Crippen MR) is 73.6 cm³/mol. The van der Waals surface area contributed by atoms with Crippen LogP contribution in [0.25, 0.3) is 0 Å². The molecular formula is C15H14N2O2. The number of carbonyl (C=O) groups excluding carboxylic acids is 1. The number of pyridine rings is 1. The number of carbonyl (C=O) groups is 1. The minimum absolute atomic E-state index is 0.218. The Balaban J connectivity index is 2.06. The maximum Gasteiger partial charge on any atom is 0.264 e. The molecule has 0 unspecified atom stereocenters. The highest BCUT2D eigenvalue weighted by atomic mass is 16.2. The first kappa shape index (κ1) is 11.7. The topological polar surface area (TPSA) is 53.2 Å². The molecule has 0 fully saturated rings. The van der Waals surface area contributed by atoms with E-state index in [1.807, 2.05) is 24.3 Å². The van der Waals surface area contributed by atoms with E-state index in [0.29, 0.717) is 12.1 Å². The number of hydrogen-bond donors (Lipinski definition) is 1. The number of para-hydroxylation sites is 1. The van der Waals surface area contributed by atoms with E-state index in [2.05, 4.69) is 4.98 Å². The molecule has 0 aliphatic carbocycles. The normalized spacial score (nSPS) is 13.4. The Bertz CT molecular complexity index is 703. The lowest BCUT2D eigenvalue weighted by Crippen LogP contribution is -2.34. The number of nitrogens with zero attached hydrogens (tertiary/aromatic N) is 1. The number of amides is 1. The van der Waals surface area contributed by atoms with Gasteiger partial charge in [-0.15, -0.1) is 0 Å². The van der Waals surface area contributed by atoms with Crippen LogP contribution >= 0.6 is 0 Å². The molecule has 1 aromatic carbocycles. The fraction of sp³-hybridized carbons (Fsp3) is 0.200. The van der Waals surface area contributed by atoms with Crippen LogP contribution in [0.3, 0.4) is 0 Å². The van der Waals surface area contributed by atoms with Gasteiger partial charge in [0.15, 0.2) is 0 Å². The number of aryl methyl sites for hydroxylation is 1. The van der Waals surface area contributed by atoms with Gasteiger partial charge in [-0.25, -0.2) is 0 Å². The molecule has 4 heteroatoms. The van der Waals surface area contributed by atoms with Crippen molar-refractivity contribution in [2.75, 3.05) is 11.4 Å².